The lowest BCUT2D eigenvalue weighted by Gasteiger charge is -2.01. The fraction of sp³-hybridized carbons (Fsp3) is 0. The Morgan fingerprint density at radius 3 is 2.87 bits per heavy atom. The van der Waals surface area contributed by atoms with Crippen LogP contribution in [-0.2, 0) is 0 Å². The third-order valence-electron chi connectivity index (χ3n) is 3.54. The summed E-state index contributed by atoms with van der Waals surface area (Å²) in [6, 6.07) is 13.5. The predicted molar refractivity (Wildman–Crippen MR) is 95.6 cm³/mol. The molecule has 112 valence electrons. The summed E-state index contributed by atoms with van der Waals surface area (Å²) in [6.07, 6.45) is 3.57. The average Bonchev–Trinajstić information content (AvgIpc) is 2.92. The van der Waals surface area contributed by atoms with Crippen molar-refractivity contribution in [1.29, 1.82) is 0 Å². The first-order valence-corrected chi connectivity index (χ1v) is 7.79. The smallest absolute Gasteiger partial charge is 0.306 e. The number of aliphatic imine (C=N–C) groups is 1. The van der Waals surface area contributed by atoms with Crippen molar-refractivity contribution in [2.75, 3.05) is 0 Å². The quantitative estimate of drug-likeness (QED) is 0.527. The molecule has 0 aliphatic carbocycles. The summed E-state index contributed by atoms with van der Waals surface area (Å²) < 4.78 is 0.933. The Labute approximate surface area is 139 Å². The van der Waals surface area contributed by atoms with Gasteiger partial charge in [-0.3, -0.25) is 9.98 Å². The molecule has 2 heterocycles. The lowest BCUT2D eigenvalue weighted by atomic mass is 10.1. The third kappa shape index (κ3) is 2.68. The van der Waals surface area contributed by atoms with E-state index in [1.54, 1.807) is 12.4 Å². The van der Waals surface area contributed by atoms with E-state index in [-0.39, 0.29) is 5.69 Å². The molecule has 0 unspecified atom stereocenters. The molecular formula is C17H11BrN4O. The van der Waals surface area contributed by atoms with Gasteiger partial charge in [0.15, 0.2) is 0 Å². The number of nitrogens with zero attached hydrogens (tertiary/aromatic N) is 2. The molecule has 23 heavy (non-hydrogen) atoms. The SMILES string of the molecule is O=c1[nH]c2ccc(N=Cc3cc(Br)c4ncccc4c3)cc2[nH]1. The number of benzene rings is 2. The van der Waals surface area contributed by atoms with E-state index >= 15 is 0 Å². The van der Waals surface area contributed by atoms with Gasteiger partial charge in [0.05, 0.1) is 22.2 Å². The number of aromatic nitrogens is 3. The van der Waals surface area contributed by atoms with Crippen molar-refractivity contribution in [3.63, 3.8) is 0 Å². The van der Waals surface area contributed by atoms with Gasteiger partial charge in [-0.1, -0.05) is 6.07 Å². The van der Waals surface area contributed by atoms with Gasteiger partial charge >= 0.3 is 5.69 Å². The third-order valence-corrected chi connectivity index (χ3v) is 4.15. The average molecular weight is 367 g/mol. The van der Waals surface area contributed by atoms with Gasteiger partial charge < -0.3 is 9.97 Å². The first-order chi connectivity index (χ1) is 11.2. The molecule has 0 atom stereocenters. The van der Waals surface area contributed by atoms with Crippen LogP contribution in [0, 0.1) is 0 Å². The van der Waals surface area contributed by atoms with E-state index in [0.717, 1.165) is 37.7 Å². The summed E-state index contributed by atoms with van der Waals surface area (Å²) in [5.41, 5.74) is 3.97. The van der Waals surface area contributed by atoms with E-state index in [9.17, 15) is 4.79 Å². The largest absolute Gasteiger partial charge is 0.323 e. The molecule has 6 heteroatoms. The lowest BCUT2D eigenvalue weighted by molar-refractivity contribution is 1.21. The molecule has 4 aromatic rings. The van der Waals surface area contributed by atoms with Gasteiger partial charge in [0, 0.05) is 22.3 Å². The minimum atomic E-state index is -0.216. The second-order valence-corrected chi connectivity index (χ2v) is 6.00. The normalized spacial score (nSPS) is 11.7. The van der Waals surface area contributed by atoms with Crippen LogP contribution >= 0.6 is 15.9 Å². The summed E-state index contributed by atoms with van der Waals surface area (Å²) >= 11 is 3.54. The molecule has 4 rings (SSSR count). The van der Waals surface area contributed by atoms with Crippen molar-refractivity contribution < 1.29 is 0 Å². The van der Waals surface area contributed by atoms with Crippen LogP contribution in [0.2, 0.25) is 0 Å². The zero-order chi connectivity index (χ0) is 15.8. The van der Waals surface area contributed by atoms with Crippen LogP contribution in [0.25, 0.3) is 21.9 Å². The van der Waals surface area contributed by atoms with E-state index in [4.69, 9.17) is 0 Å². The van der Waals surface area contributed by atoms with Crippen LogP contribution in [-0.4, -0.2) is 21.2 Å². The van der Waals surface area contributed by atoms with Crippen molar-refractivity contribution >= 4 is 49.8 Å². The topological polar surface area (TPSA) is 73.9 Å². The number of rotatable bonds is 2. The number of aromatic amines is 2. The highest BCUT2D eigenvalue weighted by molar-refractivity contribution is 9.10. The van der Waals surface area contributed by atoms with Gasteiger partial charge in [-0.25, -0.2) is 4.79 Å². The summed E-state index contributed by atoms with van der Waals surface area (Å²) in [5.74, 6) is 0. The number of halogens is 1. The van der Waals surface area contributed by atoms with Gasteiger partial charge in [-0.2, -0.15) is 0 Å². The summed E-state index contributed by atoms with van der Waals surface area (Å²) in [7, 11) is 0. The first kappa shape index (κ1) is 13.9. The maximum absolute atomic E-state index is 11.3. The van der Waals surface area contributed by atoms with Crippen LogP contribution < -0.4 is 5.69 Å². The van der Waals surface area contributed by atoms with Crippen LogP contribution in [0.15, 0.2) is 62.9 Å². The van der Waals surface area contributed by atoms with E-state index in [2.05, 4.69) is 35.9 Å². The van der Waals surface area contributed by atoms with Gasteiger partial charge in [-0.05, 0) is 57.9 Å². The molecule has 0 radical (unpaired) electrons. The molecule has 0 amide bonds. The molecule has 0 aliphatic rings. The highest BCUT2D eigenvalue weighted by atomic mass is 79.9. The molecule has 0 saturated heterocycles. The van der Waals surface area contributed by atoms with E-state index in [0.29, 0.717) is 0 Å². The number of H-pyrrole nitrogens is 2. The molecule has 0 bridgehead atoms. The van der Waals surface area contributed by atoms with Gasteiger partial charge in [0.2, 0.25) is 0 Å². The Kier molecular flexibility index (Phi) is 3.31. The maximum Gasteiger partial charge on any atom is 0.323 e. The van der Waals surface area contributed by atoms with Gasteiger partial charge in [-0.15, -0.1) is 0 Å². The highest BCUT2D eigenvalue weighted by Crippen LogP contribution is 2.24. The van der Waals surface area contributed by atoms with E-state index in [1.807, 2.05) is 42.5 Å². The first-order valence-electron chi connectivity index (χ1n) is 6.99. The van der Waals surface area contributed by atoms with Crippen LogP contribution in [0.3, 0.4) is 0 Å². The number of hydrogen-bond acceptors (Lipinski definition) is 3. The van der Waals surface area contributed by atoms with Crippen LogP contribution in [0.1, 0.15) is 5.56 Å². The number of imidazole rings is 1. The second-order valence-electron chi connectivity index (χ2n) is 5.15. The minimum absolute atomic E-state index is 0.216. The standard InChI is InChI=1S/C17H11BrN4O/c18-13-7-10(6-11-2-1-5-19-16(11)13)9-20-12-3-4-14-15(8-12)22-17(23)21-14/h1-9H,(H2,21,22,23). The summed E-state index contributed by atoms with van der Waals surface area (Å²) in [6.45, 7) is 0. The van der Waals surface area contributed by atoms with Crippen LogP contribution in [0.4, 0.5) is 5.69 Å². The monoisotopic (exact) mass is 366 g/mol. The fourth-order valence-electron chi connectivity index (χ4n) is 2.49. The Morgan fingerprint density at radius 1 is 1.09 bits per heavy atom. The van der Waals surface area contributed by atoms with Crippen molar-refractivity contribution in [1.82, 2.24) is 15.0 Å². The van der Waals surface area contributed by atoms with Gasteiger partial charge in [0.1, 0.15) is 0 Å². The number of pyridine rings is 1. The van der Waals surface area contributed by atoms with Crippen molar-refractivity contribution in [3.05, 3.63) is 69.2 Å². The molecule has 2 N–H and O–H groups in total. The molecule has 0 fully saturated rings. The minimum Gasteiger partial charge on any atom is -0.306 e. The number of fused-ring (bicyclic) bond motifs is 2. The highest BCUT2D eigenvalue weighted by Gasteiger charge is 2.02. The molecule has 0 saturated carbocycles. The summed E-state index contributed by atoms with van der Waals surface area (Å²) in [5, 5.41) is 1.05. The van der Waals surface area contributed by atoms with E-state index in [1.165, 1.54) is 0 Å². The second kappa shape index (κ2) is 5.48. The number of hydrogen-bond donors (Lipinski definition) is 2. The fourth-order valence-corrected chi connectivity index (χ4v) is 3.09. The van der Waals surface area contributed by atoms with Crippen molar-refractivity contribution in [2.45, 2.75) is 0 Å². The van der Waals surface area contributed by atoms with Crippen molar-refractivity contribution in [3.8, 4) is 0 Å². The lowest BCUT2D eigenvalue weighted by Crippen LogP contribution is -1.99. The Balaban J connectivity index is 1.73. The number of nitrogens with one attached hydrogen (secondary N) is 2. The molecule has 2 aromatic carbocycles. The molecule has 5 nitrogen and oxygen atoms in total. The predicted octanol–water partition coefficient (Wildman–Crippen LogP) is 3.92. The Morgan fingerprint density at radius 2 is 1.96 bits per heavy atom. The zero-order valence-corrected chi connectivity index (χ0v) is 13.5. The molecule has 0 spiro atoms. The molecular weight excluding hydrogens is 356 g/mol. The maximum atomic E-state index is 11.3. The van der Waals surface area contributed by atoms with Crippen LogP contribution in [0.5, 0.6) is 0 Å². The molecule has 2 aromatic heterocycles. The Bertz CT molecular complexity index is 1110. The zero-order valence-electron chi connectivity index (χ0n) is 11.9. The van der Waals surface area contributed by atoms with Gasteiger partial charge in [0.25, 0.3) is 0 Å². The molecule has 0 aliphatic heterocycles. The van der Waals surface area contributed by atoms with E-state index < -0.39 is 0 Å². The summed E-state index contributed by atoms with van der Waals surface area (Å²) in [4.78, 5) is 25.6. The van der Waals surface area contributed by atoms with Crippen molar-refractivity contribution in [2.24, 2.45) is 4.99 Å². The Hall–Kier alpha value is -2.73.